The summed E-state index contributed by atoms with van der Waals surface area (Å²) in [5.74, 6) is 0.0716. The minimum absolute atomic E-state index is 0.0716. The molecule has 1 aromatic carbocycles. The maximum absolute atomic E-state index is 12.0. The standard InChI is InChI=1S/C16H26N2O3S/c1-5-17(6-2)16(19)8-7-13-18(22(4,20)21)15-11-9-14(3)10-12-15/h9-12H,5-8,13H2,1-4H3. The van der Waals surface area contributed by atoms with Gasteiger partial charge in [0, 0.05) is 26.1 Å². The number of hydrogen-bond acceptors (Lipinski definition) is 3. The van der Waals surface area contributed by atoms with Crippen molar-refractivity contribution in [3.63, 3.8) is 0 Å². The van der Waals surface area contributed by atoms with Gasteiger partial charge < -0.3 is 4.90 Å². The van der Waals surface area contributed by atoms with Crippen LogP contribution < -0.4 is 4.31 Å². The van der Waals surface area contributed by atoms with Gasteiger partial charge in [-0.1, -0.05) is 17.7 Å². The predicted molar refractivity (Wildman–Crippen MR) is 90.5 cm³/mol. The highest BCUT2D eigenvalue weighted by molar-refractivity contribution is 7.92. The van der Waals surface area contributed by atoms with E-state index in [9.17, 15) is 13.2 Å². The lowest BCUT2D eigenvalue weighted by molar-refractivity contribution is -0.130. The third kappa shape index (κ3) is 5.33. The topological polar surface area (TPSA) is 57.7 Å². The highest BCUT2D eigenvalue weighted by Crippen LogP contribution is 2.19. The van der Waals surface area contributed by atoms with E-state index in [-0.39, 0.29) is 5.91 Å². The summed E-state index contributed by atoms with van der Waals surface area (Å²) < 4.78 is 25.3. The number of anilines is 1. The third-order valence-electron chi connectivity index (χ3n) is 3.59. The second-order valence-electron chi connectivity index (χ2n) is 5.34. The molecule has 0 saturated carbocycles. The Labute approximate surface area is 134 Å². The normalized spacial score (nSPS) is 11.3. The van der Waals surface area contributed by atoms with Crippen LogP contribution in [0.1, 0.15) is 32.3 Å². The lowest BCUT2D eigenvalue weighted by Gasteiger charge is -2.23. The first-order valence-corrected chi connectivity index (χ1v) is 9.46. The molecular weight excluding hydrogens is 300 g/mol. The van der Waals surface area contributed by atoms with Gasteiger partial charge in [-0.05, 0) is 39.3 Å². The van der Waals surface area contributed by atoms with Gasteiger partial charge in [0.1, 0.15) is 0 Å². The molecule has 0 fully saturated rings. The average molecular weight is 326 g/mol. The Morgan fingerprint density at radius 2 is 1.64 bits per heavy atom. The first-order valence-electron chi connectivity index (χ1n) is 7.61. The molecule has 0 saturated heterocycles. The van der Waals surface area contributed by atoms with E-state index in [1.165, 1.54) is 10.6 Å². The lowest BCUT2D eigenvalue weighted by atomic mass is 10.2. The molecule has 0 atom stereocenters. The van der Waals surface area contributed by atoms with E-state index in [4.69, 9.17) is 0 Å². The molecule has 0 aliphatic carbocycles. The minimum atomic E-state index is -3.35. The van der Waals surface area contributed by atoms with Crippen molar-refractivity contribution in [1.82, 2.24) is 4.90 Å². The number of sulfonamides is 1. The van der Waals surface area contributed by atoms with Crippen molar-refractivity contribution >= 4 is 21.6 Å². The quantitative estimate of drug-likeness (QED) is 0.737. The molecule has 0 radical (unpaired) electrons. The number of hydrogen-bond donors (Lipinski definition) is 0. The molecule has 5 nitrogen and oxygen atoms in total. The van der Waals surface area contributed by atoms with E-state index >= 15 is 0 Å². The van der Waals surface area contributed by atoms with Gasteiger partial charge in [0.2, 0.25) is 15.9 Å². The molecule has 124 valence electrons. The molecule has 22 heavy (non-hydrogen) atoms. The van der Waals surface area contributed by atoms with Crippen molar-refractivity contribution in [2.75, 3.05) is 30.2 Å². The van der Waals surface area contributed by atoms with Gasteiger partial charge >= 0.3 is 0 Å². The Morgan fingerprint density at radius 3 is 2.09 bits per heavy atom. The summed E-state index contributed by atoms with van der Waals surface area (Å²) >= 11 is 0. The zero-order valence-electron chi connectivity index (χ0n) is 13.9. The zero-order chi connectivity index (χ0) is 16.8. The van der Waals surface area contributed by atoms with Crippen LogP contribution in [-0.4, -0.2) is 45.1 Å². The zero-order valence-corrected chi connectivity index (χ0v) is 14.7. The van der Waals surface area contributed by atoms with Crippen LogP contribution >= 0.6 is 0 Å². The highest BCUT2D eigenvalue weighted by Gasteiger charge is 2.18. The third-order valence-corrected chi connectivity index (χ3v) is 4.78. The molecular formula is C16H26N2O3S. The van der Waals surface area contributed by atoms with Crippen molar-refractivity contribution in [3.8, 4) is 0 Å². The molecule has 0 N–H and O–H groups in total. The lowest BCUT2D eigenvalue weighted by Crippen LogP contribution is -2.33. The van der Waals surface area contributed by atoms with E-state index in [1.807, 2.05) is 32.9 Å². The summed E-state index contributed by atoms with van der Waals surface area (Å²) in [4.78, 5) is 13.7. The Balaban J connectivity index is 2.72. The van der Waals surface area contributed by atoms with E-state index < -0.39 is 10.0 Å². The number of nitrogens with zero attached hydrogens (tertiary/aromatic N) is 2. The molecule has 0 spiro atoms. The van der Waals surface area contributed by atoms with Gasteiger partial charge in [-0.25, -0.2) is 8.42 Å². The van der Waals surface area contributed by atoms with Crippen LogP contribution in [-0.2, 0) is 14.8 Å². The molecule has 0 aromatic heterocycles. The Morgan fingerprint density at radius 1 is 1.09 bits per heavy atom. The van der Waals surface area contributed by atoms with Gasteiger partial charge in [0.25, 0.3) is 0 Å². The number of aryl methyl sites for hydroxylation is 1. The number of rotatable bonds is 8. The van der Waals surface area contributed by atoms with Crippen molar-refractivity contribution in [3.05, 3.63) is 29.8 Å². The first-order chi connectivity index (χ1) is 10.3. The van der Waals surface area contributed by atoms with Gasteiger partial charge in [0.15, 0.2) is 0 Å². The number of carbonyl (C=O) groups is 1. The van der Waals surface area contributed by atoms with Crippen molar-refractivity contribution in [1.29, 1.82) is 0 Å². The van der Waals surface area contributed by atoms with Crippen LogP contribution in [0.4, 0.5) is 5.69 Å². The van der Waals surface area contributed by atoms with Crippen molar-refractivity contribution in [2.24, 2.45) is 0 Å². The van der Waals surface area contributed by atoms with E-state index in [1.54, 1.807) is 17.0 Å². The minimum Gasteiger partial charge on any atom is -0.343 e. The van der Waals surface area contributed by atoms with Gasteiger partial charge in [0.05, 0.1) is 11.9 Å². The largest absolute Gasteiger partial charge is 0.343 e. The summed E-state index contributed by atoms with van der Waals surface area (Å²) in [6, 6.07) is 7.36. The molecule has 0 unspecified atom stereocenters. The van der Waals surface area contributed by atoms with Gasteiger partial charge in [-0.15, -0.1) is 0 Å². The molecule has 0 bridgehead atoms. The fourth-order valence-electron chi connectivity index (χ4n) is 2.31. The van der Waals surface area contributed by atoms with Crippen LogP contribution in [0.5, 0.6) is 0 Å². The predicted octanol–water partition coefficient (Wildman–Crippen LogP) is 2.41. The Hall–Kier alpha value is -1.56. The van der Waals surface area contributed by atoms with Crippen LogP contribution in [0.3, 0.4) is 0 Å². The average Bonchev–Trinajstić information content (AvgIpc) is 2.45. The summed E-state index contributed by atoms with van der Waals surface area (Å²) in [5, 5.41) is 0. The SMILES string of the molecule is CCN(CC)C(=O)CCCN(c1ccc(C)cc1)S(C)(=O)=O. The Kier molecular flexibility index (Phi) is 6.87. The van der Waals surface area contributed by atoms with Crippen molar-refractivity contribution < 1.29 is 13.2 Å². The number of carbonyl (C=O) groups excluding carboxylic acids is 1. The van der Waals surface area contributed by atoms with Gasteiger partial charge in [-0.3, -0.25) is 9.10 Å². The second-order valence-corrected chi connectivity index (χ2v) is 7.25. The summed E-state index contributed by atoms with van der Waals surface area (Å²) in [6.07, 6.45) is 2.06. The van der Waals surface area contributed by atoms with Gasteiger partial charge in [-0.2, -0.15) is 0 Å². The smallest absolute Gasteiger partial charge is 0.232 e. The van der Waals surface area contributed by atoms with E-state index in [0.29, 0.717) is 38.2 Å². The fourth-order valence-corrected chi connectivity index (χ4v) is 3.27. The molecule has 0 aliphatic heterocycles. The van der Waals surface area contributed by atoms with Crippen LogP contribution in [0.25, 0.3) is 0 Å². The van der Waals surface area contributed by atoms with E-state index in [0.717, 1.165) is 5.56 Å². The maximum Gasteiger partial charge on any atom is 0.232 e. The Bertz CT molecular complexity index is 578. The summed E-state index contributed by atoms with van der Waals surface area (Å²) in [7, 11) is -3.35. The van der Waals surface area contributed by atoms with Crippen LogP contribution in [0.2, 0.25) is 0 Å². The van der Waals surface area contributed by atoms with Crippen LogP contribution in [0, 0.1) is 6.92 Å². The van der Waals surface area contributed by atoms with E-state index in [2.05, 4.69) is 0 Å². The summed E-state index contributed by atoms with van der Waals surface area (Å²) in [6.45, 7) is 7.52. The number of benzene rings is 1. The fraction of sp³-hybridized carbons (Fsp3) is 0.562. The monoisotopic (exact) mass is 326 g/mol. The second kappa shape index (κ2) is 8.17. The first kappa shape index (κ1) is 18.5. The highest BCUT2D eigenvalue weighted by atomic mass is 32.2. The van der Waals surface area contributed by atoms with Crippen molar-refractivity contribution in [2.45, 2.75) is 33.6 Å². The molecule has 1 rings (SSSR count). The maximum atomic E-state index is 12.0. The van der Waals surface area contributed by atoms with Crippen LogP contribution in [0.15, 0.2) is 24.3 Å². The molecule has 6 heteroatoms. The molecule has 0 aliphatic rings. The summed E-state index contributed by atoms with van der Waals surface area (Å²) in [5.41, 5.74) is 1.72. The molecule has 1 amide bonds. The molecule has 0 heterocycles. The molecule has 1 aromatic rings. The number of amides is 1.